The fourth-order valence-electron chi connectivity index (χ4n) is 2.80. The molecule has 0 aliphatic carbocycles. The van der Waals surface area contributed by atoms with Crippen LogP contribution in [-0.2, 0) is 9.59 Å². The number of para-hydroxylation sites is 1. The lowest BCUT2D eigenvalue weighted by Gasteiger charge is -2.23. The maximum atomic E-state index is 12.5. The third kappa shape index (κ3) is 5.82. The topological polar surface area (TPSA) is 70.7 Å². The van der Waals surface area contributed by atoms with Crippen molar-refractivity contribution in [1.82, 2.24) is 4.90 Å². The molecule has 0 spiro atoms. The minimum Gasteiger partial charge on any atom is -0.494 e. The highest BCUT2D eigenvalue weighted by molar-refractivity contribution is 5.96. The number of ether oxygens (including phenoxy) is 1. The standard InChI is InChI=1S/C22H29N3O3/c1-6-28-19-12-10-18(11-13-19)23-22(27)17(4)25(5)14-20(26)24-21-15(2)8-7-9-16(21)3/h7-13,17H,6,14H2,1-5H3,(H,23,27)(H,24,26). The zero-order valence-electron chi connectivity index (χ0n) is 17.2. The van der Waals surface area contributed by atoms with E-state index < -0.39 is 6.04 Å². The molecule has 0 fully saturated rings. The first-order chi connectivity index (χ1) is 13.3. The van der Waals surface area contributed by atoms with E-state index in [1.807, 2.05) is 51.1 Å². The second-order valence-electron chi connectivity index (χ2n) is 6.85. The lowest BCUT2D eigenvalue weighted by Crippen LogP contribution is -2.43. The highest BCUT2D eigenvalue weighted by atomic mass is 16.5. The molecule has 0 aliphatic rings. The number of aryl methyl sites for hydroxylation is 2. The molecule has 2 amide bonds. The molecule has 2 aromatic rings. The van der Waals surface area contributed by atoms with Crippen LogP contribution in [-0.4, -0.2) is 43.0 Å². The van der Waals surface area contributed by atoms with Crippen LogP contribution in [0.15, 0.2) is 42.5 Å². The molecule has 0 heterocycles. The van der Waals surface area contributed by atoms with E-state index in [1.54, 1.807) is 31.0 Å². The number of likely N-dealkylation sites (N-methyl/N-ethyl adjacent to an activating group) is 1. The molecule has 0 bridgehead atoms. The summed E-state index contributed by atoms with van der Waals surface area (Å²) in [5.74, 6) is 0.431. The summed E-state index contributed by atoms with van der Waals surface area (Å²) in [6, 6.07) is 12.6. The average molecular weight is 383 g/mol. The minimum atomic E-state index is -0.463. The summed E-state index contributed by atoms with van der Waals surface area (Å²) in [6.07, 6.45) is 0. The van der Waals surface area contributed by atoms with Crippen molar-refractivity contribution in [2.45, 2.75) is 33.7 Å². The molecule has 0 saturated carbocycles. The smallest absolute Gasteiger partial charge is 0.241 e. The van der Waals surface area contributed by atoms with Crippen molar-refractivity contribution in [1.29, 1.82) is 0 Å². The molecular formula is C22H29N3O3. The lowest BCUT2D eigenvalue weighted by atomic mass is 10.1. The Labute approximate surface area is 166 Å². The Hall–Kier alpha value is -2.86. The van der Waals surface area contributed by atoms with Gasteiger partial charge in [-0.1, -0.05) is 18.2 Å². The average Bonchev–Trinajstić information content (AvgIpc) is 2.66. The molecule has 2 rings (SSSR count). The van der Waals surface area contributed by atoms with Crippen molar-refractivity contribution in [2.24, 2.45) is 0 Å². The second kappa shape index (κ2) is 9.90. The number of hydrogen-bond acceptors (Lipinski definition) is 4. The fourth-order valence-corrected chi connectivity index (χ4v) is 2.80. The Morgan fingerprint density at radius 1 is 1.04 bits per heavy atom. The van der Waals surface area contributed by atoms with E-state index in [0.717, 1.165) is 22.6 Å². The van der Waals surface area contributed by atoms with E-state index in [-0.39, 0.29) is 18.4 Å². The van der Waals surface area contributed by atoms with Crippen LogP contribution in [0.2, 0.25) is 0 Å². The molecule has 150 valence electrons. The van der Waals surface area contributed by atoms with Gasteiger partial charge in [-0.25, -0.2) is 0 Å². The molecule has 0 radical (unpaired) electrons. The van der Waals surface area contributed by atoms with Gasteiger partial charge in [-0.15, -0.1) is 0 Å². The van der Waals surface area contributed by atoms with Gasteiger partial charge in [0.1, 0.15) is 5.75 Å². The number of hydrogen-bond donors (Lipinski definition) is 2. The lowest BCUT2D eigenvalue weighted by molar-refractivity contribution is -0.122. The van der Waals surface area contributed by atoms with Crippen molar-refractivity contribution >= 4 is 23.2 Å². The summed E-state index contributed by atoms with van der Waals surface area (Å²) in [5.41, 5.74) is 3.54. The first kappa shape index (κ1) is 21.4. The van der Waals surface area contributed by atoms with Crippen LogP contribution in [0.25, 0.3) is 0 Å². The van der Waals surface area contributed by atoms with Crippen molar-refractivity contribution in [3.05, 3.63) is 53.6 Å². The number of benzene rings is 2. The zero-order chi connectivity index (χ0) is 20.7. The van der Waals surface area contributed by atoms with Gasteiger partial charge < -0.3 is 15.4 Å². The van der Waals surface area contributed by atoms with Crippen LogP contribution in [0, 0.1) is 13.8 Å². The normalized spacial score (nSPS) is 11.8. The Morgan fingerprint density at radius 2 is 1.64 bits per heavy atom. The maximum Gasteiger partial charge on any atom is 0.241 e. The molecule has 0 aliphatic heterocycles. The van der Waals surface area contributed by atoms with Gasteiger partial charge in [0.2, 0.25) is 11.8 Å². The van der Waals surface area contributed by atoms with Crippen LogP contribution in [0.1, 0.15) is 25.0 Å². The summed E-state index contributed by atoms with van der Waals surface area (Å²) in [6.45, 7) is 8.32. The van der Waals surface area contributed by atoms with Gasteiger partial charge >= 0.3 is 0 Å². The molecule has 6 nitrogen and oxygen atoms in total. The third-order valence-corrected chi connectivity index (χ3v) is 4.61. The summed E-state index contributed by atoms with van der Waals surface area (Å²) in [7, 11) is 1.76. The number of anilines is 2. The second-order valence-corrected chi connectivity index (χ2v) is 6.85. The van der Waals surface area contributed by atoms with Crippen LogP contribution in [0.4, 0.5) is 11.4 Å². The highest BCUT2D eigenvalue weighted by Gasteiger charge is 2.20. The number of nitrogens with zero attached hydrogens (tertiary/aromatic N) is 1. The highest BCUT2D eigenvalue weighted by Crippen LogP contribution is 2.19. The Kier molecular flexibility index (Phi) is 7.58. The first-order valence-electron chi connectivity index (χ1n) is 9.41. The molecule has 0 saturated heterocycles. The largest absolute Gasteiger partial charge is 0.494 e. The van der Waals surface area contributed by atoms with Gasteiger partial charge in [-0.05, 0) is 70.1 Å². The number of amides is 2. The minimum absolute atomic E-state index is 0.117. The van der Waals surface area contributed by atoms with Crippen molar-refractivity contribution < 1.29 is 14.3 Å². The van der Waals surface area contributed by atoms with E-state index in [1.165, 1.54) is 0 Å². The first-order valence-corrected chi connectivity index (χ1v) is 9.41. The van der Waals surface area contributed by atoms with Crippen LogP contribution in [0.5, 0.6) is 5.75 Å². The maximum absolute atomic E-state index is 12.5. The summed E-state index contributed by atoms with van der Waals surface area (Å²) >= 11 is 0. The van der Waals surface area contributed by atoms with E-state index in [2.05, 4.69) is 10.6 Å². The van der Waals surface area contributed by atoms with Gasteiger partial charge in [0, 0.05) is 11.4 Å². The third-order valence-electron chi connectivity index (χ3n) is 4.61. The van der Waals surface area contributed by atoms with Gasteiger partial charge in [0.15, 0.2) is 0 Å². The van der Waals surface area contributed by atoms with Crippen molar-refractivity contribution in [2.75, 3.05) is 30.8 Å². The molecule has 0 aromatic heterocycles. The molecule has 2 aromatic carbocycles. The summed E-state index contributed by atoms with van der Waals surface area (Å²) in [4.78, 5) is 26.6. The molecule has 28 heavy (non-hydrogen) atoms. The van der Waals surface area contributed by atoms with Crippen molar-refractivity contribution in [3.8, 4) is 5.75 Å². The van der Waals surface area contributed by atoms with Gasteiger partial charge in [0.05, 0.1) is 19.2 Å². The molecule has 1 atom stereocenters. The number of carbonyl (C=O) groups excluding carboxylic acids is 2. The predicted octanol–water partition coefficient (Wildman–Crippen LogP) is 3.60. The number of nitrogens with one attached hydrogen (secondary N) is 2. The molecule has 6 heteroatoms. The fraction of sp³-hybridized carbons (Fsp3) is 0.364. The molecule has 2 N–H and O–H groups in total. The Bertz CT molecular complexity index is 798. The zero-order valence-corrected chi connectivity index (χ0v) is 17.2. The number of carbonyl (C=O) groups is 2. The van der Waals surface area contributed by atoms with E-state index >= 15 is 0 Å². The molecular weight excluding hydrogens is 354 g/mol. The van der Waals surface area contributed by atoms with Crippen LogP contribution >= 0.6 is 0 Å². The summed E-state index contributed by atoms with van der Waals surface area (Å²) < 4.78 is 5.40. The molecule has 1 unspecified atom stereocenters. The van der Waals surface area contributed by atoms with Gasteiger partial charge in [0.25, 0.3) is 0 Å². The van der Waals surface area contributed by atoms with Crippen molar-refractivity contribution in [3.63, 3.8) is 0 Å². The van der Waals surface area contributed by atoms with Crippen LogP contribution in [0.3, 0.4) is 0 Å². The van der Waals surface area contributed by atoms with Gasteiger partial charge in [-0.2, -0.15) is 0 Å². The monoisotopic (exact) mass is 383 g/mol. The summed E-state index contributed by atoms with van der Waals surface area (Å²) in [5, 5.41) is 5.81. The van der Waals surface area contributed by atoms with Gasteiger partial charge in [-0.3, -0.25) is 14.5 Å². The van der Waals surface area contributed by atoms with E-state index in [0.29, 0.717) is 12.3 Å². The van der Waals surface area contributed by atoms with Crippen LogP contribution < -0.4 is 15.4 Å². The van der Waals surface area contributed by atoms with E-state index in [9.17, 15) is 9.59 Å². The predicted molar refractivity (Wildman–Crippen MR) is 113 cm³/mol. The Morgan fingerprint density at radius 3 is 2.21 bits per heavy atom. The Balaban J connectivity index is 1.91. The number of rotatable bonds is 8. The van der Waals surface area contributed by atoms with E-state index in [4.69, 9.17) is 4.74 Å². The SMILES string of the molecule is CCOc1ccc(NC(=O)C(C)N(C)CC(=O)Nc2c(C)cccc2C)cc1. The quantitative estimate of drug-likeness (QED) is 0.731.